The highest BCUT2D eigenvalue weighted by Crippen LogP contribution is 2.29. The van der Waals surface area contributed by atoms with Crippen molar-refractivity contribution in [1.29, 1.82) is 0 Å². The number of nitrogens with zero attached hydrogens (tertiary/aromatic N) is 3. The van der Waals surface area contributed by atoms with Crippen LogP contribution in [-0.4, -0.2) is 29.6 Å². The van der Waals surface area contributed by atoms with Crippen LogP contribution in [0.2, 0.25) is 0 Å². The first kappa shape index (κ1) is 12.1. The number of anilines is 2. The Hall–Kier alpha value is -1.32. The van der Waals surface area contributed by atoms with Crippen molar-refractivity contribution in [3.8, 4) is 0 Å². The van der Waals surface area contributed by atoms with Gasteiger partial charge < -0.3 is 10.2 Å². The molecule has 17 heavy (non-hydrogen) atoms. The van der Waals surface area contributed by atoms with Gasteiger partial charge in [-0.25, -0.2) is 9.97 Å². The summed E-state index contributed by atoms with van der Waals surface area (Å²) >= 11 is 0. The van der Waals surface area contributed by atoms with Crippen molar-refractivity contribution in [2.45, 2.75) is 45.6 Å². The molecule has 0 atom stereocenters. The topological polar surface area (TPSA) is 41.1 Å². The molecule has 1 aromatic rings. The summed E-state index contributed by atoms with van der Waals surface area (Å²) < 4.78 is 0. The van der Waals surface area contributed by atoms with Crippen LogP contribution in [0.25, 0.3) is 0 Å². The van der Waals surface area contributed by atoms with E-state index in [0.29, 0.717) is 6.04 Å². The van der Waals surface area contributed by atoms with Crippen LogP contribution in [0.1, 0.15) is 38.9 Å². The molecule has 0 saturated heterocycles. The Morgan fingerprint density at radius 1 is 1.35 bits per heavy atom. The summed E-state index contributed by atoms with van der Waals surface area (Å²) in [5.74, 6) is 2.96. The summed E-state index contributed by atoms with van der Waals surface area (Å²) in [6, 6.07) is 2.75. The molecule has 2 rings (SSSR count). The van der Waals surface area contributed by atoms with Crippen LogP contribution in [0.4, 0.5) is 11.6 Å². The number of hydrogen-bond donors (Lipinski definition) is 1. The van der Waals surface area contributed by atoms with E-state index in [0.717, 1.165) is 36.8 Å². The molecule has 0 bridgehead atoms. The average molecular weight is 234 g/mol. The molecule has 1 aliphatic rings. The van der Waals surface area contributed by atoms with E-state index in [1.54, 1.807) is 0 Å². The minimum atomic E-state index is 0.689. The second-order valence-electron chi connectivity index (χ2n) is 4.65. The predicted octanol–water partition coefficient (Wildman–Crippen LogP) is 2.46. The molecule has 0 aliphatic heterocycles. The maximum atomic E-state index is 4.64. The molecule has 1 fully saturated rings. The van der Waals surface area contributed by atoms with Crippen molar-refractivity contribution in [3.63, 3.8) is 0 Å². The first-order chi connectivity index (χ1) is 8.24. The molecule has 0 aromatic carbocycles. The summed E-state index contributed by atoms with van der Waals surface area (Å²) in [6.07, 6.45) is 4.62. The molecule has 0 spiro atoms. The maximum Gasteiger partial charge on any atom is 0.134 e. The highest BCUT2D eigenvalue weighted by molar-refractivity contribution is 5.50. The summed E-state index contributed by atoms with van der Waals surface area (Å²) in [4.78, 5) is 11.4. The van der Waals surface area contributed by atoms with Crippen molar-refractivity contribution in [3.05, 3.63) is 11.9 Å². The van der Waals surface area contributed by atoms with Crippen molar-refractivity contribution in [2.24, 2.45) is 0 Å². The van der Waals surface area contributed by atoms with Gasteiger partial charge in [0.25, 0.3) is 0 Å². The van der Waals surface area contributed by atoms with Gasteiger partial charge in [-0.2, -0.15) is 0 Å². The van der Waals surface area contributed by atoms with Crippen molar-refractivity contribution >= 4 is 11.6 Å². The Bertz CT molecular complexity index is 349. The summed E-state index contributed by atoms with van der Waals surface area (Å²) in [5, 5.41) is 3.28. The van der Waals surface area contributed by atoms with Crippen LogP contribution in [0.3, 0.4) is 0 Å². The number of nitrogens with one attached hydrogen (secondary N) is 1. The smallest absolute Gasteiger partial charge is 0.134 e. The van der Waals surface area contributed by atoms with E-state index in [4.69, 9.17) is 0 Å². The first-order valence-electron chi connectivity index (χ1n) is 6.59. The first-order valence-corrected chi connectivity index (χ1v) is 6.59. The Balaban J connectivity index is 2.22. The Morgan fingerprint density at radius 3 is 2.71 bits per heavy atom. The zero-order valence-electron chi connectivity index (χ0n) is 11.0. The SMILES string of the molecule is CCCc1nc(NCC)cc(N(C)C2CC2)n1. The molecule has 0 amide bonds. The van der Waals surface area contributed by atoms with E-state index in [1.165, 1.54) is 12.8 Å². The molecule has 94 valence electrons. The van der Waals surface area contributed by atoms with Gasteiger partial charge in [0.2, 0.25) is 0 Å². The Morgan fingerprint density at radius 2 is 2.12 bits per heavy atom. The normalized spacial score (nSPS) is 14.8. The molecular formula is C13H22N4. The number of hydrogen-bond acceptors (Lipinski definition) is 4. The van der Waals surface area contributed by atoms with Gasteiger partial charge in [0.05, 0.1) is 0 Å². The maximum absolute atomic E-state index is 4.64. The lowest BCUT2D eigenvalue weighted by atomic mass is 10.3. The third kappa shape index (κ3) is 3.08. The second-order valence-corrected chi connectivity index (χ2v) is 4.65. The fourth-order valence-electron chi connectivity index (χ4n) is 1.92. The quantitative estimate of drug-likeness (QED) is 0.821. The molecule has 0 radical (unpaired) electrons. The fraction of sp³-hybridized carbons (Fsp3) is 0.692. The highest BCUT2D eigenvalue weighted by atomic mass is 15.2. The molecule has 1 aliphatic carbocycles. The zero-order valence-corrected chi connectivity index (χ0v) is 11.0. The number of aromatic nitrogens is 2. The fourth-order valence-corrected chi connectivity index (χ4v) is 1.92. The third-order valence-corrected chi connectivity index (χ3v) is 3.05. The molecule has 0 unspecified atom stereocenters. The number of aryl methyl sites for hydroxylation is 1. The van der Waals surface area contributed by atoms with Gasteiger partial charge in [0, 0.05) is 32.1 Å². The van der Waals surface area contributed by atoms with Crippen LogP contribution < -0.4 is 10.2 Å². The van der Waals surface area contributed by atoms with Gasteiger partial charge in [-0.05, 0) is 26.2 Å². The van der Waals surface area contributed by atoms with Crippen molar-refractivity contribution in [1.82, 2.24) is 9.97 Å². The van der Waals surface area contributed by atoms with E-state index in [1.807, 2.05) is 0 Å². The van der Waals surface area contributed by atoms with Gasteiger partial charge in [0.15, 0.2) is 0 Å². The monoisotopic (exact) mass is 234 g/mol. The Kier molecular flexibility index (Phi) is 3.82. The standard InChI is InChI=1S/C13H22N4/c1-4-6-11-15-12(14-5-2)9-13(16-11)17(3)10-7-8-10/h9-10H,4-8H2,1-3H3,(H,14,15,16). The Labute approximate surface area is 103 Å². The number of rotatable bonds is 6. The van der Waals surface area contributed by atoms with Gasteiger partial charge >= 0.3 is 0 Å². The van der Waals surface area contributed by atoms with Gasteiger partial charge in [0.1, 0.15) is 17.5 Å². The van der Waals surface area contributed by atoms with Crippen molar-refractivity contribution < 1.29 is 0 Å². The van der Waals surface area contributed by atoms with E-state index in [9.17, 15) is 0 Å². The third-order valence-electron chi connectivity index (χ3n) is 3.05. The molecule has 1 aromatic heterocycles. The molecule has 4 nitrogen and oxygen atoms in total. The van der Waals surface area contributed by atoms with Crippen LogP contribution in [-0.2, 0) is 6.42 Å². The summed E-state index contributed by atoms with van der Waals surface area (Å²) in [5.41, 5.74) is 0. The van der Waals surface area contributed by atoms with E-state index < -0.39 is 0 Å². The van der Waals surface area contributed by atoms with Gasteiger partial charge in [-0.15, -0.1) is 0 Å². The van der Waals surface area contributed by atoms with E-state index in [-0.39, 0.29) is 0 Å². The van der Waals surface area contributed by atoms with E-state index >= 15 is 0 Å². The second kappa shape index (κ2) is 5.34. The predicted molar refractivity (Wildman–Crippen MR) is 71.6 cm³/mol. The highest BCUT2D eigenvalue weighted by Gasteiger charge is 2.27. The van der Waals surface area contributed by atoms with Crippen LogP contribution >= 0.6 is 0 Å². The van der Waals surface area contributed by atoms with Crippen LogP contribution in [0.15, 0.2) is 6.07 Å². The molecule has 4 heteroatoms. The van der Waals surface area contributed by atoms with Crippen molar-refractivity contribution in [2.75, 3.05) is 23.8 Å². The average Bonchev–Trinajstić information content (AvgIpc) is 3.12. The summed E-state index contributed by atoms with van der Waals surface area (Å²) in [6.45, 7) is 5.15. The van der Waals surface area contributed by atoms with Crippen LogP contribution in [0.5, 0.6) is 0 Å². The lowest BCUT2D eigenvalue weighted by Gasteiger charge is -2.19. The molecular weight excluding hydrogens is 212 g/mol. The van der Waals surface area contributed by atoms with E-state index in [2.05, 4.69) is 47.1 Å². The van der Waals surface area contributed by atoms with Gasteiger partial charge in [-0.1, -0.05) is 6.92 Å². The lowest BCUT2D eigenvalue weighted by molar-refractivity contribution is 0.811. The minimum absolute atomic E-state index is 0.689. The summed E-state index contributed by atoms with van der Waals surface area (Å²) in [7, 11) is 2.13. The zero-order chi connectivity index (χ0) is 12.3. The minimum Gasteiger partial charge on any atom is -0.370 e. The molecule has 1 N–H and O–H groups in total. The largest absolute Gasteiger partial charge is 0.370 e. The van der Waals surface area contributed by atoms with Gasteiger partial charge in [-0.3, -0.25) is 0 Å². The lowest BCUT2D eigenvalue weighted by Crippen LogP contribution is -2.21. The van der Waals surface area contributed by atoms with Crippen LogP contribution in [0, 0.1) is 0 Å². The molecule has 1 heterocycles. The molecule has 1 saturated carbocycles.